The van der Waals surface area contributed by atoms with Crippen molar-refractivity contribution >= 4 is 27.5 Å². The van der Waals surface area contributed by atoms with Gasteiger partial charge in [-0.2, -0.15) is 0 Å². The maximum absolute atomic E-state index is 13.1. The summed E-state index contributed by atoms with van der Waals surface area (Å²) in [7, 11) is -3.73. The molecule has 1 aliphatic rings. The number of pyridine rings is 1. The summed E-state index contributed by atoms with van der Waals surface area (Å²) in [6.45, 7) is 0.776. The van der Waals surface area contributed by atoms with Gasteiger partial charge in [-0.25, -0.2) is 12.4 Å². The van der Waals surface area contributed by atoms with Gasteiger partial charge < -0.3 is 15.6 Å². The van der Waals surface area contributed by atoms with Crippen LogP contribution in [0, 0.1) is 0 Å². The molecule has 0 amide bonds. The van der Waals surface area contributed by atoms with E-state index in [1.165, 1.54) is 3.97 Å². The number of aromatic nitrogens is 2. The number of ether oxygens (including phenoxy) is 1. The zero-order chi connectivity index (χ0) is 19.4. The van der Waals surface area contributed by atoms with Crippen LogP contribution in [0.1, 0.15) is 11.1 Å². The SMILES string of the molecule is NCCc1cn(S(=O)(=O)c2ccc3c(c2)OCC3)c2cccnc12.O=CO. The Labute approximate surface area is 156 Å². The van der Waals surface area contributed by atoms with Gasteiger partial charge in [-0.1, -0.05) is 6.07 Å². The molecule has 0 unspecified atom stereocenters. The monoisotopic (exact) mass is 389 g/mol. The molecule has 3 N–H and O–H groups in total. The molecule has 0 spiro atoms. The third kappa shape index (κ3) is 3.51. The second-order valence-corrected chi connectivity index (χ2v) is 7.65. The highest BCUT2D eigenvalue weighted by Crippen LogP contribution is 2.30. The predicted molar refractivity (Wildman–Crippen MR) is 99.4 cm³/mol. The molecule has 0 saturated carbocycles. The van der Waals surface area contributed by atoms with Crippen molar-refractivity contribution in [2.75, 3.05) is 13.2 Å². The van der Waals surface area contributed by atoms with E-state index in [1.807, 2.05) is 6.07 Å². The summed E-state index contributed by atoms with van der Waals surface area (Å²) in [5.74, 6) is 0.646. The first-order chi connectivity index (χ1) is 13.0. The largest absolute Gasteiger partial charge is 0.493 e. The minimum Gasteiger partial charge on any atom is -0.493 e. The van der Waals surface area contributed by atoms with Crippen LogP contribution in [-0.4, -0.2) is 42.1 Å². The Morgan fingerprint density at radius 2 is 2.11 bits per heavy atom. The number of rotatable bonds is 4. The molecule has 1 aromatic carbocycles. The quantitative estimate of drug-likeness (QED) is 0.646. The van der Waals surface area contributed by atoms with E-state index in [1.54, 1.807) is 36.7 Å². The van der Waals surface area contributed by atoms with Gasteiger partial charge in [0.05, 0.1) is 22.5 Å². The Bertz CT molecular complexity index is 1080. The molecule has 0 bridgehead atoms. The van der Waals surface area contributed by atoms with Gasteiger partial charge in [0.25, 0.3) is 16.5 Å². The number of nitrogens with two attached hydrogens (primary N) is 1. The lowest BCUT2D eigenvalue weighted by Gasteiger charge is -2.08. The molecule has 3 heterocycles. The van der Waals surface area contributed by atoms with Gasteiger partial charge in [-0.05, 0) is 42.3 Å². The summed E-state index contributed by atoms with van der Waals surface area (Å²) in [5, 5.41) is 6.89. The Hall–Kier alpha value is -2.91. The van der Waals surface area contributed by atoms with Gasteiger partial charge in [0.15, 0.2) is 0 Å². The highest BCUT2D eigenvalue weighted by atomic mass is 32.2. The van der Waals surface area contributed by atoms with Crippen LogP contribution in [0.2, 0.25) is 0 Å². The van der Waals surface area contributed by atoms with Crippen molar-refractivity contribution in [1.29, 1.82) is 0 Å². The van der Waals surface area contributed by atoms with Crippen molar-refractivity contribution in [1.82, 2.24) is 8.96 Å². The lowest BCUT2D eigenvalue weighted by Crippen LogP contribution is -2.12. The van der Waals surface area contributed by atoms with Crippen molar-refractivity contribution in [3.05, 3.63) is 53.9 Å². The van der Waals surface area contributed by atoms with Gasteiger partial charge >= 0.3 is 0 Å². The normalized spacial score (nSPS) is 12.8. The number of carbonyl (C=O) groups is 1. The molecule has 142 valence electrons. The zero-order valence-corrected chi connectivity index (χ0v) is 15.2. The summed E-state index contributed by atoms with van der Waals surface area (Å²) in [6.07, 6.45) is 4.66. The van der Waals surface area contributed by atoms with E-state index >= 15 is 0 Å². The fourth-order valence-electron chi connectivity index (χ4n) is 3.05. The van der Waals surface area contributed by atoms with Gasteiger partial charge in [0.2, 0.25) is 0 Å². The van der Waals surface area contributed by atoms with Crippen LogP contribution >= 0.6 is 0 Å². The first-order valence-electron chi connectivity index (χ1n) is 8.27. The Morgan fingerprint density at radius 3 is 2.85 bits per heavy atom. The van der Waals surface area contributed by atoms with E-state index in [2.05, 4.69) is 4.98 Å². The maximum Gasteiger partial charge on any atom is 0.290 e. The van der Waals surface area contributed by atoms with Crippen molar-refractivity contribution in [3.63, 3.8) is 0 Å². The molecular formula is C18H19N3O5S. The maximum atomic E-state index is 13.1. The van der Waals surface area contributed by atoms with E-state index in [0.29, 0.717) is 36.4 Å². The van der Waals surface area contributed by atoms with Crippen molar-refractivity contribution in [3.8, 4) is 5.75 Å². The first kappa shape index (κ1) is 18.9. The van der Waals surface area contributed by atoms with E-state index in [9.17, 15) is 8.42 Å². The first-order valence-corrected chi connectivity index (χ1v) is 9.71. The Morgan fingerprint density at radius 1 is 1.33 bits per heavy atom. The number of benzene rings is 1. The van der Waals surface area contributed by atoms with Crippen LogP contribution in [-0.2, 0) is 27.7 Å². The fourth-order valence-corrected chi connectivity index (χ4v) is 4.45. The molecule has 0 aliphatic carbocycles. The third-order valence-corrected chi connectivity index (χ3v) is 5.91. The van der Waals surface area contributed by atoms with Crippen LogP contribution in [0.5, 0.6) is 5.75 Å². The molecule has 4 rings (SSSR count). The Kier molecular flexibility index (Phi) is 5.43. The lowest BCUT2D eigenvalue weighted by atomic mass is 10.2. The topological polar surface area (TPSA) is 125 Å². The van der Waals surface area contributed by atoms with E-state index in [0.717, 1.165) is 17.5 Å². The van der Waals surface area contributed by atoms with Crippen LogP contribution in [0.15, 0.2) is 47.6 Å². The molecule has 27 heavy (non-hydrogen) atoms. The molecule has 0 saturated heterocycles. The molecule has 8 nitrogen and oxygen atoms in total. The number of fused-ring (bicyclic) bond motifs is 2. The highest BCUT2D eigenvalue weighted by molar-refractivity contribution is 7.90. The van der Waals surface area contributed by atoms with Crippen molar-refractivity contribution in [2.24, 2.45) is 5.73 Å². The second kappa shape index (κ2) is 7.77. The molecule has 0 radical (unpaired) electrons. The smallest absolute Gasteiger partial charge is 0.290 e. The van der Waals surface area contributed by atoms with E-state index in [4.69, 9.17) is 20.4 Å². The predicted octanol–water partition coefficient (Wildman–Crippen LogP) is 1.41. The summed E-state index contributed by atoms with van der Waals surface area (Å²) in [4.78, 5) is 12.9. The van der Waals surface area contributed by atoms with E-state index < -0.39 is 10.0 Å². The lowest BCUT2D eigenvalue weighted by molar-refractivity contribution is -0.122. The van der Waals surface area contributed by atoms with Gasteiger partial charge in [-0.15, -0.1) is 0 Å². The molecule has 2 aromatic heterocycles. The minimum atomic E-state index is -3.73. The average Bonchev–Trinajstić information content (AvgIpc) is 3.27. The van der Waals surface area contributed by atoms with Crippen molar-refractivity contribution in [2.45, 2.75) is 17.7 Å². The molecule has 1 aliphatic heterocycles. The molecule has 0 fully saturated rings. The number of hydrogen-bond donors (Lipinski definition) is 2. The summed E-state index contributed by atoms with van der Waals surface area (Å²) in [5.41, 5.74) is 8.73. The fraction of sp³-hybridized carbons (Fsp3) is 0.222. The Balaban J connectivity index is 0.000000659. The van der Waals surface area contributed by atoms with Crippen molar-refractivity contribution < 1.29 is 23.1 Å². The number of hydrogen-bond acceptors (Lipinski definition) is 6. The molecule has 3 aromatic rings. The summed E-state index contributed by atoms with van der Waals surface area (Å²) in [6, 6.07) is 8.53. The standard InChI is InChI=1S/C17H17N3O3S.CH2O2/c18-7-5-13-11-20(15-2-1-8-19-17(13)15)24(21,22)14-4-3-12-6-9-23-16(12)10-14;2-1-3/h1-4,8,10-11H,5-7,9,18H2;1H,(H,2,3). The molecular weight excluding hydrogens is 370 g/mol. The highest BCUT2D eigenvalue weighted by Gasteiger charge is 2.24. The molecule has 9 heteroatoms. The number of carboxylic acid groups (broad SMARTS) is 1. The second-order valence-electron chi connectivity index (χ2n) is 5.84. The van der Waals surface area contributed by atoms with E-state index in [-0.39, 0.29) is 11.4 Å². The summed E-state index contributed by atoms with van der Waals surface area (Å²) >= 11 is 0. The number of nitrogens with zero attached hydrogens (tertiary/aromatic N) is 2. The van der Waals surface area contributed by atoms with Crippen LogP contribution in [0.25, 0.3) is 11.0 Å². The van der Waals surface area contributed by atoms with Gasteiger partial charge in [-0.3, -0.25) is 9.78 Å². The average molecular weight is 389 g/mol. The third-order valence-electron chi connectivity index (χ3n) is 4.24. The zero-order valence-electron chi connectivity index (χ0n) is 14.4. The van der Waals surface area contributed by atoms with Crippen LogP contribution in [0.3, 0.4) is 0 Å². The van der Waals surface area contributed by atoms with Gasteiger partial charge in [0.1, 0.15) is 5.75 Å². The van der Waals surface area contributed by atoms with Crippen LogP contribution in [0.4, 0.5) is 0 Å². The minimum absolute atomic E-state index is 0.211. The van der Waals surface area contributed by atoms with Gasteiger partial charge in [0, 0.05) is 24.9 Å². The van der Waals surface area contributed by atoms with Crippen LogP contribution < -0.4 is 10.5 Å². The summed E-state index contributed by atoms with van der Waals surface area (Å²) < 4.78 is 33.0. The molecule has 0 atom stereocenters.